The van der Waals surface area contributed by atoms with Gasteiger partial charge in [0.05, 0.1) is 12.1 Å². The van der Waals surface area contributed by atoms with Crippen LogP contribution >= 0.6 is 11.3 Å². The van der Waals surface area contributed by atoms with Gasteiger partial charge in [-0.2, -0.15) is 0 Å². The predicted octanol–water partition coefficient (Wildman–Crippen LogP) is 3.77. The molecule has 0 saturated carbocycles. The first kappa shape index (κ1) is 18.4. The van der Waals surface area contributed by atoms with Crippen molar-refractivity contribution in [3.8, 4) is 0 Å². The normalized spacial score (nSPS) is 23.9. The second-order valence-electron chi connectivity index (χ2n) is 7.44. The van der Waals surface area contributed by atoms with Crippen molar-refractivity contribution in [1.82, 2.24) is 4.90 Å². The molecule has 1 aromatic heterocycles. The first-order valence-electron chi connectivity index (χ1n) is 9.41. The number of nitrogens with zero attached hydrogens (tertiary/aromatic N) is 1. The van der Waals surface area contributed by atoms with E-state index < -0.39 is 5.97 Å². The largest absolute Gasteiger partial charge is 0.478 e. The number of amides is 1. The lowest BCUT2D eigenvalue weighted by Crippen LogP contribution is -2.43. The Morgan fingerprint density at radius 2 is 2.12 bits per heavy atom. The van der Waals surface area contributed by atoms with Crippen LogP contribution in [-0.4, -0.2) is 41.0 Å². The van der Waals surface area contributed by atoms with Crippen molar-refractivity contribution in [2.24, 2.45) is 5.92 Å². The molecular weight excluding hydrogens is 336 g/mol. The number of carbonyl (C=O) groups is 2. The number of aromatic carboxylic acids is 1. The van der Waals surface area contributed by atoms with Gasteiger partial charge in [-0.05, 0) is 56.6 Å². The molecule has 0 aromatic carbocycles. The van der Waals surface area contributed by atoms with E-state index in [-0.39, 0.29) is 5.91 Å². The van der Waals surface area contributed by atoms with Crippen LogP contribution in [0.2, 0.25) is 0 Å². The van der Waals surface area contributed by atoms with E-state index in [0.717, 1.165) is 55.5 Å². The van der Waals surface area contributed by atoms with Crippen molar-refractivity contribution in [3.05, 3.63) is 16.0 Å². The summed E-state index contributed by atoms with van der Waals surface area (Å²) in [5.41, 5.74) is 1.27. The molecule has 0 bridgehead atoms. The number of hydrogen-bond donors (Lipinski definition) is 2. The highest BCUT2D eigenvalue weighted by molar-refractivity contribution is 7.17. The summed E-state index contributed by atoms with van der Waals surface area (Å²) in [5.74, 6) is -0.434. The highest BCUT2D eigenvalue weighted by Gasteiger charge is 2.29. The molecule has 1 saturated heterocycles. The summed E-state index contributed by atoms with van der Waals surface area (Å²) < 4.78 is 0. The standard InChI is InChI=1S/C19H28N2O3S/c1-3-13-6-4-5-9-21(13)11-16(22)20-18-17(19(23)24)14-8-7-12(2)10-15(14)25-18/h12-13H,3-11H2,1-2H3,(H,20,22)(H,23,24). The van der Waals surface area contributed by atoms with E-state index in [0.29, 0.717) is 29.1 Å². The van der Waals surface area contributed by atoms with Crippen molar-refractivity contribution in [2.45, 2.75) is 64.8 Å². The number of carbonyl (C=O) groups excluding carboxylic acids is 1. The first-order valence-corrected chi connectivity index (χ1v) is 10.2. The van der Waals surface area contributed by atoms with E-state index in [9.17, 15) is 14.7 Å². The van der Waals surface area contributed by atoms with Crippen LogP contribution in [0.3, 0.4) is 0 Å². The molecule has 1 amide bonds. The van der Waals surface area contributed by atoms with Gasteiger partial charge in [-0.15, -0.1) is 11.3 Å². The minimum atomic E-state index is -0.924. The molecule has 6 heteroatoms. The van der Waals surface area contributed by atoms with Crippen molar-refractivity contribution < 1.29 is 14.7 Å². The number of hydrogen-bond acceptors (Lipinski definition) is 4. The lowest BCUT2D eigenvalue weighted by atomic mass is 9.88. The van der Waals surface area contributed by atoms with Crippen molar-refractivity contribution in [1.29, 1.82) is 0 Å². The molecule has 2 N–H and O–H groups in total. The van der Waals surface area contributed by atoms with Crippen LogP contribution in [0.25, 0.3) is 0 Å². The molecule has 1 fully saturated rings. The molecule has 5 nitrogen and oxygen atoms in total. The Labute approximate surface area is 153 Å². The third-order valence-electron chi connectivity index (χ3n) is 5.55. The molecule has 1 aliphatic carbocycles. The molecule has 138 valence electrons. The predicted molar refractivity (Wildman–Crippen MR) is 101 cm³/mol. The number of likely N-dealkylation sites (tertiary alicyclic amines) is 1. The van der Waals surface area contributed by atoms with Gasteiger partial charge < -0.3 is 10.4 Å². The first-order chi connectivity index (χ1) is 12.0. The van der Waals surface area contributed by atoms with Crippen molar-refractivity contribution in [2.75, 3.05) is 18.4 Å². The van der Waals surface area contributed by atoms with Gasteiger partial charge in [0, 0.05) is 10.9 Å². The van der Waals surface area contributed by atoms with Gasteiger partial charge in [0.2, 0.25) is 5.91 Å². The van der Waals surface area contributed by atoms with Crippen molar-refractivity contribution >= 4 is 28.2 Å². The number of thiophene rings is 1. The van der Waals surface area contributed by atoms with E-state index in [2.05, 4.69) is 24.1 Å². The maximum Gasteiger partial charge on any atom is 0.339 e. The maximum absolute atomic E-state index is 12.6. The SMILES string of the molecule is CCC1CCCCN1CC(=O)Nc1sc2c(c1C(=O)O)CCC(C)C2. The van der Waals surface area contributed by atoms with Crippen LogP contribution in [0.5, 0.6) is 0 Å². The zero-order valence-corrected chi connectivity index (χ0v) is 16.0. The summed E-state index contributed by atoms with van der Waals surface area (Å²) in [6, 6.07) is 0.468. The number of anilines is 1. The molecule has 2 unspecified atom stereocenters. The fraction of sp³-hybridized carbons (Fsp3) is 0.684. The molecule has 1 aromatic rings. The van der Waals surface area contributed by atoms with Gasteiger partial charge in [-0.25, -0.2) is 4.79 Å². The highest BCUT2D eigenvalue weighted by atomic mass is 32.1. The molecule has 3 rings (SSSR count). The third kappa shape index (κ3) is 4.06. The number of fused-ring (bicyclic) bond motifs is 1. The van der Waals surface area contributed by atoms with Crippen LogP contribution in [0, 0.1) is 5.92 Å². The molecule has 2 atom stereocenters. The topological polar surface area (TPSA) is 69.6 Å². The molecule has 1 aliphatic heterocycles. The average Bonchev–Trinajstić information content (AvgIpc) is 2.92. The van der Waals surface area contributed by atoms with Crippen LogP contribution < -0.4 is 5.32 Å². The quantitative estimate of drug-likeness (QED) is 0.834. The Balaban J connectivity index is 1.73. The minimum absolute atomic E-state index is 0.0884. The number of carboxylic acids is 1. The van der Waals surface area contributed by atoms with Gasteiger partial charge >= 0.3 is 5.97 Å². The summed E-state index contributed by atoms with van der Waals surface area (Å²) in [7, 11) is 0. The third-order valence-corrected chi connectivity index (χ3v) is 6.72. The smallest absolute Gasteiger partial charge is 0.339 e. The maximum atomic E-state index is 12.6. The number of rotatable bonds is 5. The summed E-state index contributed by atoms with van der Waals surface area (Å²) >= 11 is 1.46. The zero-order valence-electron chi connectivity index (χ0n) is 15.1. The Hall–Kier alpha value is -1.40. The lowest BCUT2D eigenvalue weighted by molar-refractivity contribution is -0.118. The Morgan fingerprint density at radius 1 is 1.32 bits per heavy atom. The molecule has 2 aliphatic rings. The number of carboxylic acid groups (broad SMARTS) is 1. The molecular formula is C19H28N2O3S. The average molecular weight is 365 g/mol. The molecule has 0 radical (unpaired) electrons. The fourth-order valence-corrected chi connectivity index (χ4v) is 5.57. The van der Waals surface area contributed by atoms with Crippen LogP contribution in [-0.2, 0) is 17.6 Å². The van der Waals surface area contributed by atoms with E-state index in [1.807, 2.05) is 0 Å². The zero-order chi connectivity index (χ0) is 18.0. The number of piperidine rings is 1. The van der Waals surface area contributed by atoms with E-state index >= 15 is 0 Å². The van der Waals surface area contributed by atoms with E-state index in [1.165, 1.54) is 17.8 Å². The van der Waals surface area contributed by atoms with E-state index in [1.54, 1.807) is 0 Å². The Morgan fingerprint density at radius 3 is 2.84 bits per heavy atom. The van der Waals surface area contributed by atoms with Gasteiger partial charge in [0.15, 0.2) is 0 Å². The summed E-state index contributed by atoms with van der Waals surface area (Å²) in [5, 5.41) is 13.1. The molecule has 0 spiro atoms. The van der Waals surface area contributed by atoms with Crippen LogP contribution in [0.15, 0.2) is 0 Å². The van der Waals surface area contributed by atoms with Gasteiger partial charge in [-0.3, -0.25) is 9.69 Å². The Kier molecular flexibility index (Phi) is 5.79. The highest BCUT2D eigenvalue weighted by Crippen LogP contribution is 2.39. The summed E-state index contributed by atoms with van der Waals surface area (Å²) in [4.78, 5) is 27.7. The van der Waals surface area contributed by atoms with Gasteiger partial charge in [0.25, 0.3) is 0 Å². The Bertz CT molecular complexity index is 655. The van der Waals surface area contributed by atoms with Gasteiger partial charge in [0.1, 0.15) is 5.00 Å². The second kappa shape index (κ2) is 7.87. The van der Waals surface area contributed by atoms with Crippen LogP contribution in [0.1, 0.15) is 66.8 Å². The molecule has 2 heterocycles. The molecule has 25 heavy (non-hydrogen) atoms. The van der Waals surface area contributed by atoms with E-state index in [4.69, 9.17) is 0 Å². The number of nitrogens with one attached hydrogen (secondary N) is 1. The summed E-state index contributed by atoms with van der Waals surface area (Å²) in [6.07, 6.45) is 7.30. The van der Waals surface area contributed by atoms with Gasteiger partial charge in [-0.1, -0.05) is 20.3 Å². The van der Waals surface area contributed by atoms with Crippen LogP contribution in [0.4, 0.5) is 5.00 Å². The lowest BCUT2D eigenvalue weighted by Gasteiger charge is -2.34. The minimum Gasteiger partial charge on any atom is -0.478 e. The van der Waals surface area contributed by atoms with Crippen molar-refractivity contribution in [3.63, 3.8) is 0 Å². The fourth-order valence-electron chi connectivity index (χ4n) is 4.15. The summed E-state index contributed by atoms with van der Waals surface area (Å²) in [6.45, 7) is 5.67. The monoisotopic (exact) mass is 364 g/mol. The second-order valence-corrected chi connectivity index (χ2v) is 8.54.